The zero-order valence-corrected chi connectivity index (χ0v) is 10.1. The average Bonchev–Trinajstić information content (AvgIpc) is 2.77. The van der Waals surface area contributed by atoms with Crippen LogP contribution in [0.5, 0.6) is 0 Å². The molecule has 1 aromatic carbocycles. The largest absolute Gasteiger partial charge is 0.476 e. The first-order chi connectivity index (χ1) is 8.97. The van der Waals surface area contributed by atoms with Crippen LogP contribution in [0.25, 0.3) is 0 Å². The minimum absolute atomic E-state index is 0.0412. The third-order valence-electron chi connectivity index (χ3n) is 2.19. The van der Waals surface area contributed by atoms with Crippen molar-refractivity contribution in [3.8, 4) is 0 Å². The summed E-state index contributed by atoms with van der Waals surface area (Å²) in [6, 6.07) is 3.77. The van der Waals surface area contributed by atoms with Gasteiger partial charge in [-0.15, -0.1) is 0 Å². The molecule has 0 saturated heterocycles. The van der Waals surface area contributed by atoms with E-state index in [1.807, 2.05) is 0 Å². The van der Waals surface area contributed by atoms with Gasteiger partial charge in [-0.25, -0.2) is 13.6 Å². The molecule has 1 atom stereocenters. The van der Waals surface area contributed by atoms with Crippen LogP contribution < -0.4 is 0 Å². The van der Waals surface area contributed by atoms with Gasteiger partial charge in [-0.05, 0) is 12.1 Å². The van der Waals surface area contributed by atoms with E-state index in [9.17, 15) is 17.8 Å². The van der Waals surface area contributed by atoms with E-state index >= 15 is 0 Å². The lowest BCUT2D eigenvalue weighted by Crippen LogP contribution is -1.99. The average molecular weight is 287 g/mol. The number of carboxylic acids is 1. The Morgan fingerprint density at radius 2 is 2.11 bits per heavy atom. The van der Waals surface area contributed by atoms with Crippen molar-refractivity contribution < 1.29 is 27.4 Å². The number of aromatic carboxylic acids is 1. The Bertz CT molecular complexity index is 656. The molecule has 19 heavy (non-hydrogen) atoms. The van der Waals surface area contributed by atoms with Gasteiger partial charge in [0, 0.05) is 12.1 Å². The lowest BCUT2D eigenvalue weighted by Gasteiger charge is -2.01. The molecule has 5 nitrogen and oxygen atoms in total. The lowest BCUT2D eigenvalue weighted by atomic mass is 10.3. The normalized spacial score (nSPS) is 12.3. The van der Waals surface area contributed by atoms with Gasteiger partial charge in [-0.3, -0.25) is 4.21 Å². The second kappa shape index (κ2) is 5.27. The Hall–Kier alpha value is -2.09. The number of hydrogen-bond acceptors (Lipinski definition) is 4. The van der Waals surface area contributed by atoms with Crippen molar-refractivity contribution in [2.24, 2.45) is 0 Å². The van der Waals surface area contributed by atoms with Crippen LogP contribution in [0.2, 0.25) is 0 Å². The lowest BCUT2D eigenvalue weighted by molar-refractivity contribution is 0.0685. The van der Waals surface area contributed by atoms with Gasteiger partial charge >= 0.3 is 5.97 Å². The minimum Gasteiger partial charge on any atom is -0.476 e. The maximum Gasteiger partial charge on any atom is 0.358 e. The fourth-order valence-corrected chi connectivity index (χ4v) is 2.39. The van der Waals surface area contributed by atoms with E-state index in [0.717, 1.165) is 18.2 Å². The standard InChI is InChI=1S/C11H7F2NO4S/c12-6-1-2-10(8(13)3-6)19(17)5-7-4-9(11(15)16)14-18-7/h1-4H,5H2,(H,15,16). The van der Waals surface area contributed by atoms with Crippen molar-refractivity contribution in [2.75, 3.05) is 0 Å². The summed E-state index contributed by atoms with van der Waals surface area (Å²) in [6.07, 6.45) is 0. The van der Waals surface area contributed by atoms with Crippen LogP contribution in [0.4, 0.5) is 8.78 Å². The molecule has 0 aliphatic heterocycles. The fraction of sp³-hybridized carbons (Fsp3) is 0.0909. The highest BCUT2D eigenvalue weighted by Crippen LogP contribution is 2.17. The van der Waals surface area contributed by atoms with Crippen molar-refractivity contribution >= 4 is 16.8 Å². The van der Waals surface area contributed by atoms with Crippen LogP contribution in [0, 0.1) is 11.6 Å². The van der Waals surface area contributed by atoms with Crippen molar-refractivity contribution in [2.45, 2.75) is 10.6 Å². The van der Waals surface area contributed by atoms with Crippen LogP contribution in [0.15, 0.2) is 33.7 Å². The van der Waals surface area contributed by atoms with Crippen LogP contribution in [-0.4, -0.2) is 20.4 Å². The van der Waals surface area contributed by atoms with E-state index < -0.39 is 28.4 Å². The maximum atomic E-state index is 13.4. The molecule has 1 N–H and O–H groups in total. The van der Waals surface area contributed by atoms with Gasteiger partial charge in [0.1, 0.15) is 17.4 Å². The molecule has 0 amide bonds. The number of carbonyl (C=O) groups is 1. The van der Waals surface area contributed by atoms with Gasteiger partial charge in [0.2, 0.25) is 0 Å². The Kier molecular flexibility index (Phi) is 3.70. The minimum atomic E-state index is -1.82. The summed E-state index contributed by atoms with van der Waals surface area (Å²) in [5.41, 5.74) is -0.327. The summed E-state index contributed by atoms with van der Waals surface area (Å²) in [4.78, 5) is 10.4. The summed E-state index contributed by atoms with van der Waals surface area (Å²) >= 11 is 0. The number of benzene rings is 1. The zero-order valence-electron chi connectivity index (χ0n) is 9.30. The Morgan fingerprint density at radius 1 is 1.37 bits per heavy atom. The van der Waals surface area contributed by atoms with Gasteiger partial charge in [0.25, 0.3) is 0 Å². The molecular weight excluding hydrogens is 280 g/mol. The predicted molar refractivity (Wildman–Crippen MR) is 59.9 cm³/mol. The topological polar surface area (TPSA) is 80.4 Å². The van der Waals surface area contributed by atoms with Crippen molar-refractivity contribution in [1.29, 1.82) is 0 Å². The van der Waals surface area contributed by atoms with Crippen LogP contribution in [0.3, 0.4) is 0 Å². The molecule has 1 unspecified atom stereocenters. The smallest absolute Gasteiger partial charge is 0.358 e. The molecule has 0 bridgehead atoms. The molecule has 0 radical (unpaired) electrons. The molecule has 1 aromatic heterocycles. The third-order valence-corrected chi connectivity index (χ3v) is 3.56. The number of rotatable bonds is 4. The number of aromatic nitrogens is 1. The Morgan fingerprint density at radius 3 is 2.68 bits per heavy atom. The fourth-order valence-electron chi connectivity index (χ4n) is 1.35. The van der Waals surface area contributed by atoms with E-state index in [1.54, 1.807) is 0 Å². The molecule has 0 fully saturated rings. The highest BCUT2D eigenvalue weighted by molar-refractivity contribution is 7.84. The third kappa shape index (κ3) is 3.02. The van der Waals surface area contributed by atoms with Crippen molar-refractivity contribution in [1.82, 2.24) is 5.16 Å². The SMILES string of the molecule is O=C(O)c1cc(CS(=O)c2ccc(F)cc2F)on1. The van der Waals surface area contributed by atoms with Gasteiger partial charge in [0.15, 0.2) is 5.69 Å². The molecule has 0 spiro atoms. The van der Waals surface area contributed by atoms with E-state index in [4.69, 9.17) is 5.11 Å². The van der Waals surface area contributed by atoms with Gasteiger partial charge < -0.3 is 9.63 Å². The van der Waals surface area contributed by atoms with Crippen LogP contribution in [-0.2, 0) is 16.6 Å². The van der Waals surface area contributed by atoms with Crippen LogP contribution in [0.1, 0.15) is 16.2 Å². The van der Waals surface area contributed by atoms with E-state index in [2.05, 4.69) is 9.68 Å². The number of nitrogens with zero attached hydrogens (tertiary/aromatic N) is 1. The quantitative estimate of drug-likeness (QED) is 0.929. The zero-order chi connectivity index (χ0) is 14.0. The summed E-state index contributed by atoms with van der Waals surface area (Å²) in [7, 11) is -1.82. The molecule has 2 aromatic rings. The summed E-state index contributed by atoms with van der Waals surface area (Å²) in [6.45, 7) is 0. The molecule has 0 aliphatic carbocycles. The Balaban J connectivity index is 2.18. The van der Waals surface area contributed by atoms with E-state index in [-0.39, 0.29) is 22.1 Å². The molecule has 1 heterocycles. The van der Waals surface area contributed by atoms with Gasteiger partial charge in [-0.1, -0.05) is 5.16 Å². The predicted octanol–water partition coefficient (Wildman–Crippen LogP) is 1.96. The first-order valence-electron chi connectivity index (χ1n) is 4.99. The summed E-state index contributed by atoms with van der Waals surface area (Å²) < 4.78 is 42.6. The first-order valence-corrected chi connectivity index (χ1v) is 6.31. The second-order valence-corrected chi connectivity index (χ2v) is 4.97. The number of halogens is 2. The number of hydrogen-bond donors (Lipinski definition) is 1. The van der Waals surface area contributed by atoms with Crippen molar-refractivity contribution in [3.05, 3.63) is 47.4 Å². The Labute approximate surface area is 108 Å². The molecule has 8 heteroatoms. The van der Waals surface area contributed by atoms with E-state index in [1.165, 1.54) is 0 Å². The summed E-state index contributed by atoms with van der Waals surface area (Å²) in [5.74, 6) is -3.20. The van der Waals surface area contributed by atoms with Crippen LogP contribution >= 0.6 is 0 Å². The molecule has 0 saturated carbocycles. The summed E-state index contributed by atoms with van der Waals surface area (Å²) in [5, 5.41) is 11.9. The highest BCUT2D eigenvalue weighted by atomic mass is 32.2. The van der Waals surface area contributed by atoms with Gasteiger partial charge in [-0.2, -0.15) is 0 Å². The highest BCUT2D eigenvalue weighted by Gasteiger charge is 2.16. The molecule has 0 aliphatic rings. The maximum absolute atomic E-state index is 13.4. The molecule has 2 rings (SSSR count). The first kappa shape index (κ1) is 13.3. The second-order valence-electron chi connectivity index (χ2n) is 3.55. The monoisotopic (exact) mass is 287 g/mol. The molecule has 100 valence electrons. The van der Waals surface area contributed by atoms with Gasteiger partial charge in [0.05, 0.1) is 21.4 Å². The van der Waals surface area contributed by atoms with Crippen molar-refractivity contribution in [3.63, 3.8) is 0 Å². The van der Waals surface area contributed by atoms with E-state index in [0.29, 0.717) is 6.07 Å². The number of carboxylic acid groups (broad SMARTS) is 1. The molecular formula is C11H7F2NO4S.